The van der Waals surface area contributed by atoms with Crippen molar-refractivity contribution in [1.29, 1.82) is 0 Å². The Morgan fingerprint density at radius 3 is 2.50 bits per heavy atom. The third-order valence-corrected chi connectivity index (χ3v) is 4.24. The van der Waals surface area contributed by atoms with Crippen LogP contribution in [0.3, 0.4) is 0 Å². The summed E-state index contributed by atoms with van der Waals surface area (Å²) in [6.07, 6.45) is 1.06. The minimum atomic E-state index is -0.672. The molecule has 3 rings (SSSR count). The Labute approximate surface area is 168 Å². The highest BCUT2D eigenvalue weighted by Crippen LogP contribution is 2.34. The third kappa shape index (κ3) is 4.04. The second kappa shape index (κ2) is 7.67. The zero-order valence-corrected chi connectivity index (χ0v) is 17.3. The first-order chi connectivity index (χ1) is 13.2. The number of amides is 1. The summed E-state index contributed by atoms with van der Waals surface area (Å²) in [4.78, 5) is 18.9. The average Bonchev–Trinajstić information content (AvgIpc) is 3.06. The first-order valence-corrected chi connectivity index (χ1v) is 9.35. The molecule has 0 aliphatic rings. The van der Waals surface area contributed by atoms with Gasteiger partial charge in [0, 0.05) is 11.6 Å². The van der Waals surface area contributed by atoms with Crippen LogP contribution in [-0.2, 0) is 4.74 Å². The number of fused-ring (bicyclic) bond motifs is 1. The van der Waals surface area contributed by atoms with E-state index in [2.05, 4.69) is 10.1 Å². The van der Waals surface area contributed by atoms with Gasteiger partial charge in [0.2, 0.25) is 0 Å². The number of carbonyl (C=O) groups is 1. The molecule has 0 saturated heterocycles. The van der Waals surface area contributed by atoms with Crippen molar-refractivity contribution in [2.45, 2.75) is 40.2 Å². The molecule has 0 bridgehead atoms. The van der Waals surface area contributed by atoms with Crippen molar-refractivity contribution in [2.24, 2.45) is 0 Å². The number of aromatic nitrogens is 3. The molecular weight excluding hydrogens is 380 g/mol. The summed E-state index contributed by atoms with van der Waals surface area (Å²) in [7, 11) is 0. The number of ether oxygens (including phenoxy) is 2. The predicted octanol–water partition coefficient (Wildman–Crippen LogP) is 5.16. The molecule has 8 heteroatoms. The van der Waals surface area contributed by atoms with E-state index in [1.54, 1.807) is 48.0 Å². The van der Waals surface area contributed by atoms with E-state index in [0.717, 1.165) is 0 Å². The molecule has 0 aliphatic heterocycles. The van der Waals surface area contributed by atoms with Gasteiger partial charge in [-0.05, 0) is 58.9 Å². The molecule has 0 fully saturated rings. The number of anilines is 2. The molecule has 2 heterocycles. The van der Waals surface area contributed by atoms with Crippen LogP contribution in [0.4, 0.5) is 16.3 Å². The van der Waals surface area contributed by atoms with Crippen LogP contribution in [0.15, 0.2) is 36.5 Å². The van der Waals surface area contributed by atoms with Crippen molar-refractivity contribution in [2.75, 3.05) is 11.5 Å². The first kappa shape index (κ1) is 19.9. The molecule has 28 heavy (non-hydrogen) atoms. The number of hydrogen-bond acceptors (Lipinski definition) is 5. The van der Waals surface area contributed by atoms with Crippen molar-refractivity contribution >= 4 is 34.8 Å². The molecule has 0 aliphatic carbocycles. The third-order valence-electron chi connectivity index (χ3n) is 3.87. The Morgan fingerprint density at radius 1 is 1.21 bits per heavy atom. The van der Waals surface area contributed by atoms with E-state index in [-0.39, 0.29) is 0 Å². The lowest BCUT2D eigenvalue weighted by atomic mass is 10.2. The van der Waals surface area contributed by atoms with Gasteiger partial charge in [0.25, 0.3) is 0 Å². The van der Waals surface area contributed by atoms with Gasteiger partial charge in [0.05, 0.1) is 18.5 Å². The molecule has 0 saturated carbocycles. The Bertz CT molecular complexity index is 993. The predicted molar refractivity (Wildman–Crippen MR) is 109 cm³/mol. The fourth-order valence-corrected chi connectivity index (χ4v) is 2.89. The Hall–Kier alpha value is -2.80. The lowest BCUT2D eigenvalue weighted by molar-refractivity contribution is 0.0597. The maximum Gasteiger partial charge on any atom is 0.420 e. The molecule has 3 aromatic rings. The molecule has 148 valence electrons. The number of rotatable bonds is 4. The largest absolute Gasteiger partial charge is 0.494 e. The Morgan fingerprint density at radius 2 is 1.89 bits per heavy atom. The van der Waals surface area contributed by atoms with Gasteiger partial charge in [-0.15, -0.1) is 0 Å². The van der Waals surface area contributed by atoms with Crippen LogP contribution in [0.2, 0.25) is 5.15 Å². The highest BCUT2D eigenvalue weighted by Gasteiger charge is 2.29. The summed E-state index contributed by atoms with van der Waals surface area (Å²) >= 11 is 6.33. The van der Waals surface area contributed by atoms with Crippen LogP contribution in [0.25, 0.3) is 5.65 Å². The summed E-state index contributed by atoms with van der Waals surface area (Å²) < 4.78 is 12.7. The van der Waals surface area contributed by atoms with E-state index in [0.29, 0.717) is 40.2 Å². The number of hydrogen-bond donors (Lipinski definition) is 0. The molecule has 1 aromatic carbocycles. The molecule has 2 aromatic heterocycles. The van der Waals surface area contributed by atoms with Gasteiger partial charge < -0.3 is 9.47 Å². The summed E-state index contributed by atoms with van der Waals surface area (Å²) in [6.45, 7) is 9.71. The molecule has 7 nitrogen and oxygen atoms in total. The number of nitrogens with zero attached hydrogens (tertiary/aromatic N) is 4. The highest BCUT2D eigenvalue weighted by molar-refractivity contribution is 6.30. The van der Waals surface area contributed by atoms with Gasteiger partial charge in [-0.3, -0.25) is 0 Å². The summed E-state index contributed by atoms with van der Waals surface area (Å²) in [5, 5.41) is 4.61. The normalized spacial score (nSPS) is 11.5. The summed E-state index contributed by atoms with van der Waals surface area (Å²) in [6, 6.07) is 8.90. The zero-order chi connectivity index (χ0) is 20.5. The van der Waals surface area contributed by atoms with E-state index >= 15 is 0 Å². The van der Waals surface area contributed by atoms with E-state index in [1.165, 1.54) is 4.90 Å². The van der Waals surface area contributed by atoms with Crippen molar-refractivity contribution in [3.63, 3.8) is 0 Å². The second-order valence-corrected chi connectivity index (χ2v) is 7.55. The first-order valence-electron chi connectivity index (χ1n) is 8.97. The second-order valence-electron chi connectivity index (χ2n) is 7.20. The minimum absolute atomic E-state index is 0.294. The van der Waals surface area contributed by atoms with E-state index in [4.69, 9.17) is 21.1 Å². The number of benzene rings is 1. The van der Waals surface area contributed by atoms with Gasteiger partial charge in [-0.2, -0.15) is 9.61 Å². The lowest BCUT2D eigenvalue weighted by Gasteiger charge is -2.28. The summed E-state index contributed by atoms with van der Waals surface area (Å²) in [5.41, 5.74) is 1.07. The topological polar surface area (TPSA) is 69.0 Å². The molecule has 0 N–H and O–H groups in total. The molecule has 1 amide bonds. The van der Waals surface area contributed by atoms with Gasteiger partial charge >= 0.3 is 6.09 Å². The average molecular weight is 403 g/mol. The van der Waals surface area contributed by atoms with Gasteiger partial charge in [-0.25, -0.2) is 14.7 Å². The van der Waals surface area contributed by atoms with Crippen LogP contribution in [0.1, 0.15) is 33.3 Å². The summed E-state index contributed by atoms with van der Waals surface area (Å²) in [5.74, 6) is 1.18. The van der Waals surface area contributed by atoms with Crippen molar-refractivity contribution in [1.82, 2.24) is 14.6 Å². The van der Waals surface area contributed by atoms with E-state index < -0.39 is 11.7 Å². The fraction of sp³-hybridized carbons (Fsp3) is 0.350. The Balaban J connectivity index is 2.18. The van der Waals surface area contributed by atoms with Crippen LogP contribution in [0, 0.1) is 6.92 Å². The maximum absolute atomic E-state index is 13.2. The van der Waals surface area contributed by atoms with Crippen molar-refractivity contribution in [3.05, 3.63) is 47.2 Å². The van der Waals surface area contributed by atoms with Gasteiger partial charge in [0.15, 0.2) is 11.5 Å². The fourth-order valence-electron chi connectivity index (χ4n) is 2.72. The zero-order valence-electron chi connectivity index (χ0n) is 16.6. The Kier molecular flexibility index (Phi) is 5.47. The maximum atomic E-state index is 13.2. The number of halogens is 1. The van der Waals surface area contributed by atoms with Gasteiger partial charge in [-0.1, -0.05) is 11.6 Å². The minimum Gasteiger partial charge on any atom is -0.494 e. The van der Waals surface area contributed by atoms with Crippen molar-refractivity contribution in [3.8, 4) is 5.75 Å². The molecule has 0 unspecified atom stereocenters. The van der Waals surface area contributed by atoms with E-state index in [1.807, 2.05) is 27.7 Å². The lowest BCUT2D eigenvalue weighted by Crippen LogP contribution is -2.35. The smallest absolute Gasteiger partial charge is 0.420 e. The van der Waals surface area contributed by atoms with Gasteiger partial charge in [0.1, 0.15) is 16.5 Å². The number of carbonyl (C=O) groups excluding carboxylic acids is 1. The monoisotopic (exact) mass is 402 g/mol. The standard InChI is InChI=1S/C20H23ClN4O3/c1-6-27-15-9-7-14(8-10-15)24(19(26)28-20(3,4)5)18-13(2)17(21)23-16-11-12-22-25(16)18/h7-12H,6H2,1-5H3. The SMILES string of the molecule is CCOc1ccc(N(C(=O)OC(C)(C)C)c2c(C)c(Cl)nc3ccnn23)cc1. The van der Waals surface area contributed by atoms with Crippen LogP contribution in [-0.4, -0.2) is 32.9 Å². The quantitative estimate of drug-likeness (QED) is 0.563. The van der Waals surface area contributed by atoms with Crippen molar-refractivity contribution < 1.29 is 14.3 Å². The van der Waals surface area contributed by atoms with Crippen LogP contribution in [0.5, 0.6) is 5.75 Å². The molecule has 0 spiro atoms. The van der Waals surface area contributed by atoms with E-state index in [9.17, 15) is 4.79 Å². The molecule has 0 atom stereocenters. The van der Waals surface area contributed by atoms with Crippen LogP contribution >= 0.6 is 11.6 Å². The molecular formula is C20H23ClN4O3. The highest BCUT2D eigenvalue weighted by atomic mass is 35.5. The van der Waals surface area contributed by atoms with Crippen LogP contribution < -0.4 is 9.64 Å². The molecule has 0 radical (unpaired) electrons.